The molecule has 2 aromatic rings. The Bertz CT molecular complexity index is 439. The van der Waals surface area contributed by atoms with E-state index in [9.17, 15) is 0 Å². The van der Waals surface area contributed by atoms with Crippen LogP contribution in [0.4, 0.5) is 0 Å². The third-order valence-corrected chi connectivity index (χ3v) is 2.33. The largest absolute Gasteiger partial charge is 0.323 e. The second kappa shape index (κ2) is 3.72. The Morgan fingerprint density at radius 2 is 2.21 bits per heavy atom. The second-order valence-electron chi connectivity index (χ2n) is 3.32. The van der Waals surface area contributed by atoms with Gasteiger partial charge in [-0.3, -0.25) is 9.97 Å². The molecule has 0 aromatic carbocycles. The Kier molecular flexibility index (Phi) is 2.41. The molecular weight excluding hydrogens is 174 g/mol. The fourth-order valence-electron chi connectivity index (χ4n) is 1.40. The molecule has 2 N–H and O–H groups in total. The number of rotatable bonds is 2. The first-order valence-electron chi connectivity index (χ1n) is 4.77. The summed E-state index contributed by atoms with van der Waals surface area (Å²) in [6.07, 6.45) is 4.46. The summed E-state index contributed by atoms with van der Waals surface area (Å²) in [4.78, 5) is 8.52. The van der Waals surface area contributed by atoms with Gasteiger partial charge in [-0.05, 0) is 24.6 Å². The van der Waals surface area contributed by atoms with Crippen molar-refractivity contribution < 1.29 is 0 Å². The molecule has 3 heteroatoms. The van der Waals surface area contributed by atoms with E-state index in [2.05, 4.69) is 16.9 Å². The Balaban J connectivity index is 2.51. The van der Waals surface area contributed by atoms with E-state index < -0.39 is 0 Å². The summed E-state index contributed by atoms with van der Waals surface area (Å²) in [6.45, 7) is 2.06. The van der Waals surface area contributed by atoms with Crippen LogP contribution in [0.5, 0.6) is 0 Å². The summed E-state index contributed by atoms with van der Waals surface area (Å²) in [5, 5.41) is 1.06. The molecule has 14 heavy (non-hydrogen) atoms. The number of pyridine rings is 2. The summed E-state index contributed by atoms with van der Waals surface area (Å²) in [5.41, 5.74) is 7.82. The van der Waals surface area contributed by atoms with Crippen molar-refractivity contribution in [3.05, 3.63) is 36.3 Å². The van der Waals surface area contributed by atoms with Crippen LogP contribution in [0.1, 0.15) is 25.1 Å². The van der Waals surface area contributed by atoms with Crippen LogP contribution >= 0.6 is 0 Å². The highest BCUT2D eigenvalue weighted by Crippen LogP contribution is 2.15. The van der Waals surface area contributed by atoms with Crippen LogP contribution in [0, 0.1) is 0 Å². The van der Waals surface area contributed by atoms with Crippen LogP contribution in [0.2, 0.25) is 0 Å². The Labute approximate surface area is 83.0 Å². The predicted molar refractivity (Wildman–Crippen MR) is 56.8 cm³/mol. The van der Waals surface area contributed by atoms with E-state index in [-0.39, 0.29) is 6.04 Å². The first kappa shape index (κ1) is 9.09. The normalized spacial score (nSPS) is 13.0. The summed E-state index contributed by atoms with van der Waals surface area (Å²) in [6, 6.07) is 5.92. The predicted octanol–water partition coefficient (Wildman–Crippen LogP) is 2.04. The molecule has 0 unspecified atom stereocenters. The number of hydrogen-bond acceptors (Lipinski definition) is 3. The average molecular weight is 187 g/mol. The van der Waals surface area contributed by atoms with Crippen molar-refractivity contribution in [2.45, 2.75) is 19.4 Å². The lowest BCUT2D eigenvalue weighted by Crippen LogP contribution is -2.10. The molecule has 72 valence electrons. The first-order chi connectivity index (χ1) is 6.81. The van der Waals surface area contributed by atoms with E-state index >= 15 is 0 Å². The molecule has 0 radical (unpaired) electrons. The van der Waals surface area contributed by atoms with Gasteiger partial charge in [0.25, 0.3) is 0 Å². The van der Waals surface area contributed by atoms with Gasteiger partial charge in [0.15, 0.2) is 0 Å². The zero-order chi connectivity index (χ0) is 9.97. The van der Waals surface area contributed by atoms with Crippen molar-refractivity contribution in [1.29, 1.82) is 0 Å². The van der Waals surface area contributed by atoms with E-state index in [0.29, 0.717) is 0 Å². The van der Waals surface area contributed by atoms with E-state index in [0.717, 1.165) is 23.0 Å². The molecule has 0 saturated carbocycles. The van der Waals surface area contributed by atoms with Crippen molar-refractivity contribution in [2.24, 2.45) is 5.73 Å². The van der Waals surface area contributed by atoms with Gasteiger partial charge in [-0.15, -0.1) is 0 Å². The van der Waals surface area contributed by atoms with Crippen LogP contribution in [-0.2, 0) is 0 Å². The monoisotopic (exact) mass is 187 g/mol. The third-order valence-electron chi connectivity index (χ3n) is 2.33. The maximum Gasteiger partial charge on any atom is 0.0736 e. The molecule has 3 nitrogen and oxygen atoms in total. The number of nitrogens with two attached hydrogens (primary N) is 1. The summed E-state index contributed by atoms with van der Waals surface area (Å²) in [5.74, 6) is 0. The zero-order valence-electron chi connectivity index (χ0n) is 8.14. The van der Waals surface area contributed by atoms with Gasteiger partial charge in [0.05, 0.1) is 11.2 Å². The molecule has 2 heterocycles. The first-order valence-corrected chi connectivity index (χ1v) is 4.77. The summed E-state index contributed by atoms with van der Waals surface area (Å²) < 4.78 is 0. The maximum atomic E-state index is 5.91. The van der Waals surface area contributed by atoms with Gasteiger partial charge in [0, 0.05) is 23.8 Å². The van der Waals surface area contributed by atoms with Crippen LogP contribution in [-0.4, -0.2) is 9.97 Å². The van der Waals surface area contributed by atoms with Gasteiger partial charge in [-0.2, -0.15) is 0 Å². The van der Waals surface area contributed by atoms with Crippen LogP contribution in [0.3, 0.4) is 0 Å². The molecular formula is C11H13N3. The topological polar surface area (TPSA) is 51.8 Å². The Hall–Kier alpha value is -1.48. The molecule has 0 amide bonds. The molecule has 0 aliphatic carbocycles. The zero-order valence-corrected chi connectivity index (χ0v) is 8.14. The lowest BCUT2D eigenvalue weighted by molar-refractivity contribution is 0.679. The minimum Gasteiger partial charge on any atom is -0.323 e. The maximum absolute atomic E-state index is 5.91. The highest BCUT2D eigenvalue weighted by Gasteiger charge is 2.04. The molecule has 0 bridgehead atoms. The van der Waals surface area contributed by atoms with Crippen LogP contribution < -0.4 is 5.73 Å². The van der Waals surface area contributed by atoms with Crippen molar-refractivity contribution in [3.63, 3.8) is 0 Å². The minimum absolute atomic E-state index is 0.0348. The molecule has 0 saturated heterocycles. The number of fused-ring (bicyclic) bond motifs is 1. The minimum atomic E-state index is 0.0348. The van der Waals surface area contributed by atoms with Gasteiger partial charge < -0.3 is 5.73 Å². The summed E-state index contributed by atoms with van der Waals surface area (Å²) >= 11 is 0. The van der Waals surface area contributed by atoms with Crippen molar-refractivity contribution in [3.8, 4) is 0 Å². The Morgan fingerprint density at radius 1 is 1.36 bits per heavy atom. The molecule has 0 aliphatic heterocycles. The fraction of sp³-hybridized carbons (Fsp3) is 0.273. The van der Waals surface area contributed by atoms with Crippen molar-refractivity contribution in [2.75, 3.05) is 0 Å². The van der Waals surface area contributed by atoms with Gasteiger partial charge in [-0.1, -0.05) is 6.92 Å². The van der Waals surface area contributed by atoms with Gasteiger partial charge in [0.2, 0.25) is 0 Å². The van der Waals surface area contributed by atoms with E-state index in [4.69, 9.17) is 5.73 Å². The van der Waals surface area contributed by atoms with Crippen molar-refractivity contribution >= 4 is 10.9 Å². The van der Waals surface area contributed by atoms with E-state index in [1.165, 1.54) is 0 Å². The standard InChI is InChI=1S/C11H13N3/c1-2-9(12)11-4-3-8-7-13-6-5-10(8)14-11/h3-7,9H,2,12H2,1H3/t9-/m1/s1. The highest BCUT2D eigenvalue weighted by molar-refractivity contribution is 5.77. The number of nitrogens with zero attached hydrogens (tertiary/aromatic N) is 2. The molecule has 2 aromatic heterocycles. The fourth-order valence-corrected chi connectivity index (χ4v) is 1.40. The van der Waals surface area contributed by atoms with Crippen LogP contribution in [0.15, 0.2) is 30.6 Å². The molecule has 2 rings (SSSR count). The Morgan fingerprint density at radius 3 is 3.00 bits per heavy atom. The highest BCUT2D eigenvalue weighted by atomic mass is 14.8. The average Bonchev–Trinajstić information content (AvgIpc) is 2.27. The summed E-state index contributed by atoms with van der Waals surface area (Å²) in [7, 11) is 0. The van der Waals surface area contributed by atoms with Gasteiger partial charge in [0.1, 0.15) is 0 Å². The van der Waals surface area contributed by atoms with E-state index in [1.54, 1.807) is 6.20 Å². The molecule has 0 spiro atoms. The number of aromatic nitrogens is 2. The third kappa shape index (κ3) is 1.59. The van der Waals surface area contributed by atoms with E-state index in [1.807, 2.05) is 24.4 Å². The van der Waals surface area contributed by atoms with Crippen LogP contribution in [0.25, 0.3) is 10.9 Å². The second-order valence-corrected chi connectivity index (χ2v) is 3.32. The van der Waals surface area contributed by atoms with Gasteiger partial charge >= 0.3 is 0 Å². The van der Waals surface area contributed by atoms with Crippen molar-refractivity contribution in [1.82, 2.24) is 9.97 Å². The molecule has 0 fully saturated rings. The lowest BCUT2D eigenvalue weighted by atomic mass is 10.1. The lowest BCUT2D eigenvalue weighted by Gasteiger charge is -2.08. The quantitative estimate of drug-likeness (QED) is 0.782. The number of hydrogen-bond donors (Lipinski definition) is 1. The molecule has 0 aliphatic rings. The molecule has 1 atom stereocenters. The SMILES string of the molecule is CC[C@@H](N)c1ccc2cnccc2n1. The smallest absolute Gasteiger partial charge is 0.0736 e. The van der Waals surface area contributed by atoms with Gasteiger partial charge in [-0.25, -0.2) is 0 Å².